The van der Waals surface area contributed by atoms with Crippen molar-refractivity contribution in [3.63, 3.8) is 0 Å². The number of carbonyl (C=O) groups is 1. The number of nitrogens with zero attached hydrogens (tertiary/aromatic N) is 5. The maximum absolute atomic E-state index is 13.0. The van der Waals surface area contributed by atoms with Gasteiger partial charge in [0.2, 0.25) is 0 Å². The summed E-state index contributed by atoms with van der Waals surface area (Å²) in [6.45, 7) is 8.80. The van der Waals surface area contributed by atoms with Crippen molar-refractivity contribution < 1.29 is 4.79 Å². The summed E-state index contributed by atoms with van der Waals surface area (Å²) in [7, 11) is 0. The van der Waals surface area contributed by atoms with E-state index in [0.29, 0.717) is 12.2 Å². The lowest BCUT2D eigenvalue weighted by Crippen LogP contribution is -2.48. The topological polar surface area (TPSA) is 54.3 Å². The van der Waals surface area contributed by atoms with Crippen LogP contribution < -0.4 is 0 Å². The summed E-state index contributed by atoms with van der Waals surface area (Å²) in [5.41, 5.74) is 5.10. The van der Waals surface area contributed by atoms with Gasteiger partial charge in [-0.05, 0) is 30.5 Å². The molecule has 1 amide bonds. The Balaban J connectivity index is 1.37. The lowest BCUT2D eigenvalue weighted by atomic mass is 10.1. The standard InChI is InChI=1S/C23H27N5O/c1-18-8-6-7-11-21(18)17-26-12-14-27(15-13-26)23(29)22-19(2)28(25-24-22)16-20-9-4-3-5-10-20/h3-11H,12-17H2,1-2H3. The molecular weight excluding hydrogens is 362 g/mol. The fourth-order valence-electron chi connectivity index (χ4n) is 3.75. The van der Waals surface area contributed by atoms with Crippen LogP contribution in [0.5, 0.6) is 0 Å². The SMILES string of the molecule is Cc1ccccc1CN1CCN(C(=O)c2nnn(Cc3ccccc3)c2C)CC1. The Labute approximate surface area is 171 Å². The summed E-state index contributed by atoms with van der Waals surface area (Å²) >= 11 is 0. The molecule has 0 unspecified atom stereocenters. The van der Waals surface area contributed by atoms with Crippen molar-refractivity contribution in [1.82, 2.24) is 24.8 Å². The fraction of sp³-hybridized carbons (Fsp3) is 0.348. The van der Waals surface area contributed by atoms with Gasteiger partial charge in [-0.15, -0.1) is 5.10 Å². The highest BCUT2D eigenvalue weighted by Crippen LogP contribution is 2.15. The van der Waals surface area contributed by atoms with Gasteiger partial charge < -0.3 is 4.90 Å². The van der Waals surface area contributed by atoms with E-state index in [-0.39, 0.29) is 5.91 Å². The largest absolute Gasteiger partial charge is 0.335 e. The van der Waals surface area contributed by atoms with Gasteiger partial charge in [0.25, 0.3) is 5.91 Å². The Hall–Kier alpha value is -2.99. The zero-order valence-electron chi connectivity index (χ0n) is 17.1. The third-order valence-electron chi connectivity index (χ3n) is 5.68. The maximum Gasteiger partial charge on any atom is 0.276 e. The van der Waals surface area contributed by atoms with Gasteiger partial charge in [-0.3, -0.25) is 9.69 Å². The molecule has 0 bridgehead atoms. The summed E-state index contributed by atoms with van der Waals surface area (Å²) in [5.74, 6) is -0.0163. The second-order valence-electron chi connectivity index (χ2n) is 7.66. The predicted octanol–water partition coefficient (Wildman–Crippen LogP) is 2.90. The number of benzene rings is 2. The van der Waals surface area contributed by atoms with E-state index >= 15 is 0 Å². The van der Waals surface area contributed by atoms with Crippen LogP contribution in [0.2, 0.25) is 0 Å². The van der Waals surface area contributed by atoms with E-state index in [2.05, 4.69) is 58.5 Å². The van der Waals surface area contributed by atoms with Crippen LogP contribution in [-0.2, 0) is 13.1 Å². The number of amides is 1. The molecule has 2 aromatic carbocycles. The van der Waals surface area contributed by atoms with Crippen LogP contribution in [0.3, 0.4) is 0 Å². The first-order valence-corrected chi connectivity index (χ1v) is 10.1. The molecule has 0 N–H and O–H groups in total. The minimum Gasteiger partial charge on any atom is -0.335 e. The molecule has 1 aromatic heterocycles. The van der Waals surface area contributed by atoms with Crippen LogP contribution in [0.1, 0.15) is 32.9 Å². The molecule has 0 saturated carbocycles. The van der Waals surface area contributed by atoms with Crippen LogP contribution in [0.25, 0.3) is 0 Å². The molecule has 4 rings (SSSR count). The number of carbonyl (C=O) groups excluding carboxylic acids is 1. The molecule has 29 heavy (non-hydrogen) atoms. The Kier molecular flexibility index (Phi) is 5.71. The van der Waals surface area contributed by atoms with Crippen LogP contribution in [-0.4, -0.2) is 56.9 Å². The first kappa shape index (κ1) is 19.3. The molecule has 6 heteroatoms. The van der Waals surface area contributed by atoms with Gasteiger partial charge in [-0.25, -0.2) is 4.68 Å². The molecule has 0 aliphatic carbocycles. The molecule has 1 aliphatic heterocycles. The number of rotatable bonds is 5. The van der Waals surface area contributed by atoms with Crippen LogP contribution >= 0.6 is 0 Å². The summed E-state index contributed by atoms with van der Waals surface area (Å²) < 4.78 is 1.80. The molecule has 1 aliphatic rings. The Morgan fingerprint density at radius 3 is 2.31 bits per heavy atom. The number of piperazine rings is 1. The summed E-state index contributed by atoms with van der Waals surface area (Å²) in [6.07, 6.45) is 0. The van der Waals surface area contributed by atoms with Gasteiger partial charge >= 0.3 is 0 Å². The molecule has 0 spiro atoms. The molecular formula is C23H27N5O. The van der Waals surface area contributed by atoms with Gasteiger partial charge in [0.05, 0.1) is 12.2 Å². The van der Waals surface area contributed by atoms with Crippen molar-refractivity contribution >= 4 is 5.91 Å². The second-order valence-corrected chi connectivity index (χ2v) is 7.66. The highest BCUT2D eigenvalue weighted by Gasteiger charge is 2.26. The molecule has 6 nitrogen and oxygen atoms in total. The normalized spacial score (nSPS) is 14.9. The Bertz CT molecular complexity index is 974. The van der Waals surface area contributed by atoms with Crippen molar-refractivity contribution in [2.75, 3.05) is 26.2 Å². The van der Waals surface area contributed by atoms with Gasteiger partial charge in [0.15, 0.2) is 5.69 Å². The summed E-state index contributed by atoms with van der Waals surface area (Å²) in [5, 5.41) is 8.41. The van der Waals surface area contributed by atoms with E-state index in [0.717, 1.165) is 44.0 Å². The van der Waals surface area contributed by atoms with Crippen molar-refractivity contribution in [3.8, 4) is 0 Å². The quantitative estimate of drug-likeness (QED) is 0.673. The molecule has 1 fully saturated rings. The van der Waals surface area contributed by atoms with Gasteiger partial charge in [0.1, 0.15) is 0 Å². The third-order valence-corrected chi connectivity index (χ3v) is 5.68. The highest BCUT2D eigenvalue weighted by molar-refractivity contribution is 5.93. The zero-order chi connectivity index (χ0) is 20.2. The van der Waals surface area contributed by atoms with E-state index in [9.17, 15) is 4.79 Å². The van der Waals surface area contributed by atoms with Crippen molar-refractivity contribution in [2.24, 2.45) is 0 Å². The Morgan fingerprint density at radius 2 is 1.59 bits per heavy atom. The maximum atomic E-state index is 13.0. The molecule has 150 valence electrons. The number of hydrogen-bond donors (Lipinski definition) is 0. The van der Waals surface area contributed by atoms with Gasteiger partial charge in [-0.1, -0.05) is 59.8 Å². The smallest absolute Gasteiger partial charge is 0.276 e. The third kappa shape index (κ3) is 4.38. The molecule has 0 atom stereocenters. The summed E-state index contributed by atoms with van der Waals surface area (Å²) in [4.78, 5) is 17.3. The molecule has 3 aromatic rings. The van der Waals surface area contributed by atoms with Gasteiger partial charge in [0, 0.05) is 32.7 Å². The molecule has 1 saturated heterocycles. The average molecular weight is 390 g/mol. The monoisotopic (exact) mass is 389 g/mol. The second kappa shape index (κ2) is 8.57. The van der Waals surface area contributed by atoms with Gasteiger partial charge in [-0.2, -0.15) is 0 Å². The average Bonchev–Trinajstić information content (AvgIpc) is 3.11. The van der Waals surface area contributed by atoms with Crippen molar-refractivity contribution in [3.05, 3.63) is 82.7 Å². The van der Waals surface area contributed by atoms with E-state index in [1.807, 2.05) is 30.0 Å². The van der Waals surface area contributed by atoms with E-state index in [4.69, 9.17) is 0 Å². The fourth-order valence-corrected chi connectivity index (χ4v) is 3.75. The van der Waals surface area contributed by atoms with E-state index in [1.165, 1.54) is 11.1 Å². The van der Waals surface area contributed by atoms with E-state index < -0.39 is 0 Å². The zero-order valence-corrected chi connectivity index (χ0v) is 17.1. The minimum absolute atomic E-state index is 0.0163. The number of aryl methyl sites for hydroxylation is 1. The lowest BCUT2D eigenvalue weighted by molar-refractivity contribution is 0.0621. The number of aromatic nitrogens is 3. The lowest BCUT2D eigenvalue weighted by Gasteiger charge is -2.34. The first-order chi connectivity index (χ1) is 14.1. The van der Waals surface area contributed by atoms with Crippen LogP contribution in [0.15, 0.2) is 54.6 Å². The van der Waals surface area contributed by atoms with Crippen LogP contribution in [0, 0.1) is 13.8 Å². The van der Waals surface area contributed by atoms with Crippen LogP contribution in [0.4, 0.5) is 0 Å². The number of hydrogen-bond acceptors (Lipinski definition) is 4. The van der Waals surface area contributed by atoms with E-state index in [1.54, 1.807) is 4.68 Å². The van der Waals surface area contributed by atoms with Crippen molar-refractivity contribution in [1.29, 1.82) is 0 Å². The molecule has 2 heterocycles. The summed E-state index contributed by atoms with van der Waals surface area (Å²) in [6, 6.07) is 18.6. The predicted molar refractivity (Wildman–Crippen MR) is 113 cm³/mol. The minimum atomic E-state index is -0.0163. The first-order valence-electron chi connectivity index (χ1n) is 10.1. The Morgan fingerprint density at radius 1 is 0.897 bits per heavy atom. The molecule has 0 radical (unpaired) electrons. The highest BCUT2D eigenvalue weighted by atomic mass is 16.2. The van der Waals surface area contributed by atoms with Crippen molar-refractivity contribution in [2.45, 2.75) is 26.9 Å².